The molecule has 84 valence electrons. The molecule has 1 atom stereocenters. The van der Waals surface area contributed by atoms with E-state index in [0.717, 1.165) is 6.42 Å². The highest BCUT2D eigenvalue weighted by molar-refractivity contribution is 7.12. The largest absolute Gasteiger partial charge is 0.336 e. The van der Waals surface area contributed by atoms with Gasteiger partial charge in [-0.3, -0.25) is 4.79 Å². The molecule has 1 unspecified atom stereocenters. The molecule has 7 heteroatoms. The van der Waals surface area contributed by atoms with Crippen LogP contribution in [-0.4, -0.2) is 34.9 Å². The molecule has 0 spiro atoms. The van der Waals surface area contributed by atoms with E-state index >= 15 is 0 Å². The molecule has 4 nitrogen and oxygen atoms in total. The Labute approximate surface area is 103 Å². The van der Waals surface area contributed by atoms with Gasteiger partial charge in [-0.05, 0) is 6.42 Å². The molecule has 1 aromatic rings. The van der Waals surface area contributed by atoms with Gasteiger partial charge in [0.1, 0.15) is 4.88 Å². The summed E-state index contributed by atoms with van der Waals surface area (Å²) in [6, 6.07) is 0.102. The Hall–Kier alpha value is -0.360. The third-order valence-electron chi connectivity index (χ3n) is 2.23. The number of hydrogen-bond acceptors (Lipinski definition) is 4. The van der Waals surface area contributed by atoms with E-state index in [4.69, 9.17) is 17.3 Å². The smallest absolute Gasteiger partial charge is 0.267 e. The number of carbonyl (C=O) groups is 1. The Morgan fingerprint density at radius 3 is 2.93 bits per heavy atom. The van der Waals surface area contributed by atoms with E-state index in [9.17, 15) is 4.79 Å². The zero-order valence-corrected chi connectivity index (χ0v) is 10.2. The number of nitrogens with zero attached hydrogens (tertiary/aromatic N) is 2. The first-order chi connectivity index (χ1) is 6.68. The topological polar surface area (TPSA) is 59.2 Å². The van der Waals surface area contributed by atoms with Crippen molar-refractivity contribution in [2.75, 3.05) is 13.1 Å². The first-order valence-electron chi connectivity index (χ1n) is 4.32. The molecule has 1 saturated heterocycles. The van der Waals surface area contributed by atoms with Gasteiger partial charge in [0.15, 0.2) is 5.15 Å². The molecule has 1 amide bonds. The van der Waals surface area contributed by atoms with Crippen LogP contribution in [0.1, 0.15) is 16.1 Å². The fourth-order valence-electron chi connectivity index (χ4n) is 1.49. The Morgan fingerprint density at radius 2 is 2.47 bits per heavy atom. The standard InChI is InChI=1S/C8H10ClN3OS.ClH/c9-7-6(14-4-11-7)8(13)12-2-1-5(10)3-12;/h4-5H,1-3,10H2;1H. The molecular formula is C8H11Cl2N3OS. The van der Waals surface area contributed by atoms with Crippen LogP contribution in [0.5, 0.6) is 0 Å². The molecule has 0 radical (unpaired) electrons. The number of nitrogens with two attached hydrogens (primary N) is 1. The molecule has 1 aromatic heterocycles. The van der Waals surface area contributed by atoms with Crippen molar-refractivity contribution in [2.24, 2.45) is 5.73 Å². The van der Waals surface area contributed by atoms with Gasteiger partial charge in [-0.1, -0.05) is 11.6 Å². The maximum absolute atomic E-state index is 11.8. The lowest BCUT2D eigenvalue weighted by molar-refractivity contribution is 0.0795. The van der Waals surface area contributed by atoms with Gasteiger partial charge in [0, 0.05) is 19.1 Å². The van der Waals surface area contributed by atoms with Gasteiger partial charge < -0.3 is 10.6 Å². The summed E-state index contributed by atoms with van der Waals surface area (Å²) in [5.41, 5.74) is 7.29. The molecule has 2 N–H and O–H groups in total. The predicted molar refractivity (Wildman–Crippen MR) is 62.9 cm³/mol. The number of hydrogen-bond donors (Lipinski definition) is 1. The number of amides is 1. The Kier molecular flexibility index (Phi) is 4.33. The van der Waals surface area contributed by atoms with Crippen molar-refractivity contribution >= 4 is 41.3 Å². The second-order valence-corrected chi connectivity index (χ2v) is 4.48. The van der Waals surface area contributed by atoms with Crippen LogP contribution in [0.15, 0.2) is 5.51 Å². The van der Waals surface area contributed by atoms with Crippen molar-refractivity contribution < 1.29 is 4.79 Å². The first-order valence-corrected chi connectivity index (χ1v) is 5.58. The maximum atomic E-state index is 11.8. The second-order valence-electron chi connectivity index (χ2n) is 3.27. The van der Waals surface area contributed by atoms with Crippen LogP contribution in [-0.2, 0) is 0 Å². The van der Waals surface area contributed by atoms with Crippen LogP contribution >= 0.6 is 35.3 Å². The molecular weight excluding hydrogens is 257 g/mol. The summed E-state index contributed by atoms with van der Waals surface area (Å²) in [4.78, 5) is 17.9. The minimum atomic E-state index is -0.0505. The predicted octanol–water partition coefficient (Wildman–Crippen LogP) is 1.39. The Bertz CT molecular complexity index is 357. The van der Waals surface area contributed by atoms with Gasteiger partial charge >= 0.3 is 0 Å². The van der Waals surface area contributed by atoms with Crippen LogP contribution < -0.4 is 5.73 Å². The van der Waals surface area contributed by atoms with Crippen molar-refractivity contribution in [3.63, 3.8) is 0 Å². The van der Waals surface area contributed by atoms with Gasteiger partial charge in [0.25, 0.3) is 5.91 Å². The van der Waals surface area contributed by atoms with Crippen LogP contribution in [0.3, 0.4) is 0 Å². The van der Waals surface area contributed by atoms with Gasteiger partial charge in [0.05, 0.1) is 5.51 Å². The van der Waals surface area contributed by atoms with Crippen LogP contribution in [0.2, 0.25) is 5.15 Å². The molecule has 2 heterocycles. The van der Waals surface area contributed by atoms with Gasteiger partial charge in [0.2, 0.25) is 0 Å². The van der Waals surface area contributed by atoms with Crippen molar-refractivity contribution in [3.8, 4) is 0 Å². The summed E-state index contributed by atoms with van der Waals surface area (Å²) in [7, 11) is 0. The fourth-order valence-corrected chi connectivity index (χ4v) is 2.45. The average molecular weight is 268 g/mol. The summed E-state index contributed by atoms with van der Waals surface area (Å²) >= 11 is 7.04. The summed E-state index contributed by atoms with van der Waals surface area (Å²) in [6.07, 6.45) is 0.863. The van der Waals surface area contributed by atoms with Crippen molar-refractivity contribution in [1.29, 1.82) is 0 Å². The third-order valence-corrected chi connectivity index (χ3v) is 3.44. The minimum Gasteiger partial charge on any atom is -0.336 e. The molecule has 15 heavy (non-hydrogen) atoms. The lowest BCUT2D eigenvalue weighted by Crippen LogP contribution is -2.31. The Balaban J connectivity index is 0.00000112. The van der Waals surface area contributed by atoms with E-state index in [2.05, 4.69) is 4.98 Å². The van der Waals surface area contributed by atoms with Crippen LogP contribution in [0, 0.1) is 0 Å². The van der Waals surface area contributed by atoms with E-state index in [-0.39, 0.29) is 24.4 Å². The van der Waals surface area contributed by atoms with Crippen molar-refractivity contribution in [3.05, 3.63) is 15.5 Å². The summed E-state index contributed by atoms with van der Waals surface area (Å²) in [5, 5.41) is 0.292. The number of likely N-dealkylation sites (tertiary alicyclic amines) is 1. The molecule has 0 aromatic carbocycles. The molecule has 1 aliphatic heterocycles. The monoisotopic (exact) mass is 267 g/mol. The SMILES string of the molecule is Cl.NC1CCN(C(=O)c2scnc2Cl)C1. The molecule has 0 saturated carbocycles. The molecule has 1 fully saturated rings. The molecule has 1 aliphatic rings. The molecule has 0 bridgehead atoms. The number of rotatable bonds is 1. The third kappa shape index (κ3) is 2.60. The van der Waals surface area contributed by atoms with Crippen molar-refractivity contribution in [2.45, 2.75) is 12.5 Å². The molecule has 0 aliphatic carbocycles. The van der Waals surface area contributed by atoms with E-state index in [1.165, 1.54) is 11.3 Å². The second kappa shape index (κ2) is 5.12. The quantitative estimate of drug-likeness (QED) is 0.837. The van der Waals surface area contributed by atoms with Gasteiger partial charge in [-0.2, -0.15) is 0 Å². The zero-order chi connectivity index (χ0) is 10.1. The number of halogens is 2. The molecule has 2 rings (SSSR count). The minimum absolute atomic E-state index is 0. The zero-order valence-electron chi connectivity index (χ0n) is 7.85. The maximum Gasteiger partial charge on any atom is 0.267 e. The van der Waals surface area contributed by atoms with Crippen molar-refractivity contribution in [1.82, 2.24) is 9.88 Å². The highest BCUT2D eigenvalue weighted by Gasteiger charge is 2.26. The summed E-state index contributed by atoms with van der Waals surface area (Å²) in [5.74, 6) is -0.0505. The summed E-state index contributed by atoms with van der Waals surface area (Å²) in [6.45, 7) is 1.33. The average Bonchev–Trinajstić information content (AvgIpc) is 2.73. The fraction of sp³-hybridized carbons (Fsp3) is 0.500. The normalized spacial score (nSPS) is 20.1. The number of carbonyl (C=O) groups excluding carboxylic acids is 1. The highest BCUT2D eigenvalue weighted by Crippen LogP contribution is 2.22. The first kappa shape index (κ1) is 12.7. The Morgan fingerprint density at radius 1 is 1.73 bits per heavy atom. The van der Waals surface area contributed by atoms with E-state index < -0.39 is 0 Å². The van der Waals surface area contributed by atoms with Crippen LogP contribution in [0.4, 0.5) is 0 Å². The lowest BCUT2D eigenvalue weighted by Gasteiger charge is -2.14. The van der Waals surface area contributed by atoms with Gasteiger partial charge in [-0.25, -0.2) is 4.98 Å². The number of aromatic nitrogens is 1. The van der Waals surface area contributed by atoms with Crippen LogP contribution in [0.25, 0.3) is 0 Å². The summed E-state index contributed by atoms with van der Waals surface area (Å²) < 4.78 is 0. The highest BCUT2D eigenvalue weighted by atomic mass is 35.5. The number of thiazole rings is 1. The van der Waals surface area contributed by atoms with E-state index in [0.29, 0.717) is 23.1 Å². The van der Waals surface area contributed by atoms with E-state index in [1.807, 2.05) is 0 Å². The van der Waals surface area contributed by atoms with Gasteiger partial charge in [-0.15, -0.1) is 23.7 Å². The lowest BCUT2D eigenvalue weighted by atomic mass is 10.3. The van der Waals surface area contributed by atoms with E-state index in [1.54, 1.807) is 10.4 Å².